The summed E-state index contributed by atoms with van der Waals surface area (Å²) in [6.07, 6.45) is 0. The molecule has 1 heterocycles. The van der Waals surface area contributed by atoms with Gasteiger partial charge in [-0.25, -0.2) is 4.98 Å². The third-order valence-electron chi connectivity index (χ3n) is 2.78. The fourth-order valence-electron chi connectivity index (χ4n) is 1.98. The Bertz CT molecular complexity index is 531. The van der Waals surface area contributed by atoms with Crippen molar-refractivity contribution in [2.24, 2.45) is 5.73 Å². The molecule has 0 amide bonds. The summed E-state index contributed by atoms with van der Waals surface area (Å²) in [7, 11) is 1.65. The standard InChI is InChI=1S/C13H17N3O/c1-8-13(16-9(2)15-8)10-4-5-12(17-3)11(6-10)7-14/h4-6H,7,14H2,1-3H3,(H,15,16). The quantitative estimate of drug-likeness (QED) is 0.850. The molecule has 2 aromatic rings. The van der Waals surface area contributed by atoms with Gasteiger partial charge in [-0.15, -0.1) is 0 Å². The first-order valence-electron chi connectivity index (χ1n) is 5.56. The number of H-pyrrole nitrogens is 1. The summed E-state index contributed by atoms with van der Waals surface area (Å²) in [5.41, 5.74) is 9.80. The van der Waals surface area contributed by atoms with Gasteiger partial charge >= 0.3 is 0 Å². The number of nitrogens with zero attached hydrogens (tertiary/aromatic N) is 1. The number of methoxy groups -OCH3 is 1. The normalized spacial score (nSPS) is 10.6. The number of imidazole rings is 1. The van der Waals surface area contributed by atoms with Crippen molar-refractivity contribution in [3.8, 4) is 17.0 Å². The molecule has 4 heteroatoms. The monoisotopic (exact) mass is 231 g/mol. The number of aryl methyl sites for hydroxylation is 2. The third-order valence-corrected chi connectivity index (χ3v) is 2.78. The maximum absolute atomic E-state index is 5.71. The van der Waals surface area contributed by atoms with Crippen LogP contribution in [0.4, 0.5) is 0 Å². The smallest absolute Gasteiger partial charge is 0.123 e. The van der Waals surface area contributed by atoms with Crippen LogP contribution in [0, 0.1) is 13.8 Å². The number of hydrogen-bond acceptors (Lipinski definition) is 3. The number of nitrogens with two attached hydrogens (primary N) is 1. The van der Waals surface area contributed by atoms with Crippen molar-refractivity contribution in [1.82, 2.24) is 9.97 Å². The van der Waals surface area contributed by atoms with Gasteiger partial charge in [0, 0.05) is 23.4 Å². The van der Waals surface area contributed by atoms with Gasteiger partial charge in [0.25, 0.3) is 0 Å². The molecule has 0 aliphatic rings. The Hall–Kier alpha value is -1.81. The van der Waals surface area contributed by atoms with Crippen LogP contribution < -0.4 is 10.5 Å². The van der Waals surface area contributed by atoms with Gasteiger partial charge in [0.1, 0.15) is 11.6 Å². The van der Waals surface area contributed by atoms with E-state index in [2.05, 4.69) is 9.97 Å². The van der Waals surface area contributed by atoms with Crippen molar-refractivity contribution in [2.45, 2.75) is 20.4 Å². The molecule has 0 atom stereocenters. The van der Waals surface area contributed by atoms with Crippen molar-refractivity contribution < 1.29 is 4.74 Å². The van der Waals surface area contributed by atoms with E-state index in [9.17, 15) is 0 Å². The largest absolute Gasteiger partial charge is 0.496 e. The highest BCUT2D eigenvalue weighted by Crippen LogP contribution is 2.27. The molecule has 1 aromatic heterocycles. The van der Waals surface area contributed by atoms with Crippen LogP contribution in [0.5, 0.6) is 5.75 Å². The van der Waals surface area contributed by atoms with E-state index in [-0.39, 0.29) is 0 Å². The molecular weight excluding hydrogens is 214 g/mol. The predicted molar refractivity (Wildman–Crippen MR) is 67.9 cm³/mol. The Labute approximate surface area is 101 Å². The molecule has 17 heavy (non-hydrogen) atoms. The molecule has 0 saturated carbocycles. The molecule has 0 aliphatic heterocycles. The fourth-order valence-corrected chi connectivity index (χ4v) is 1.98. The van der Waals surface area contributed by atoms with Crippen molar-refractivity contribution in [3.05, 3.63) is 35.3 Å². The zero-order valence-electron chi connectivity index (χ0n) is 10.4. The van der Waals surface area contributed by atoms with Crippen LogP contribution >= 0.6 is 0 Å². The van der Waals surface area contributed by atoms with Gasteiger partial charge < -0.3 is 15.5 Å². The number of rotatable bonds is 3. The third kappa shape index (κ3) is 2.17. The zero-order chi connectivity index (χ0) is 12.4. The second-order valence-corrected chi connectivity index (χ2v) is 4.03. The zero-order valence-corrected chi connectivity index (χ0v) is 10.4. The van der Waals surface area contributed by atoms with E-state index in [0.29, 0.717) is 6.54 Å². The molecule has 0 bridgehead atoms. The first-order chi connectivity index (χ1) is 8.15. The van der Waals surface area contributed by atoms with Gasteiger partial charge in [-0.2, -0.15) is 0 Å². The molecule has 90 valence electrons. The van der Waals surface area contributed by atoms with E-state index in [4.69, 9.17) is 10.5 Å². The summed E-state index contributed by atoms with van der Waals surface area (Å²) in [6, 6.07) is 5.96. The van der Waals surface area contributed by atoms with Gasteiger partial charge in [0.05, 0.1) is 12.8 Å². The van der Waals surface area contributed by atoms with E-state index in [0.717, 1.165) is 34.1 Å². The van der Waals surface area contributed by atoms with Gasteiger partial charge in [-0.05, 0) is 32.0 Å². The van der Waals surface area contributed by atoms with Gasteiger partial charge in [0.2, 0.25) is 0 Å². The van der Waals surface area contributed by atoms with Crippen molar-refractivity contribution in [3.63, 3.8) is 0 Å². The lowest BCUT2D eigenvalue weighted by Gasteiger charge is -2.08. The average molecular weight is 231 g/mol. The molecule has 3 N–H and O–H groups in total. The molecule has 0 saturated heterocycles. The van der Waals surface area contributed by atoms with E-state index < -0.39 is 0 Å². The second kappa shape index (κ2) is 4.59. The van der Waals surface area contributed by atoms with Crippen LogP contribution in [-0.4, -0.2) is 17.1 Å². The van der Waals surface area contributed by atoms with Crippen LogP contribution in [0.25, 0.3) is 11.3 Å². The lowest BCUT2D eigenvalue weighted by Crippen LogP contribution is -2.00. The Balaban J connectivity index is 2.50. The molecular formula is C13H17N3O. The lowest BCUT2D eigenvalue weighted by atomic mass is 10.1. The minimum Gasteiger partial charge on any atom is -0.496 e. The lowest BCUT2D eigenvalue weighted by molar-refractivity contribution is 0.410. The summed E-state index contributed by atoms with van der Waals surface area (Å²) in [6.45, 7) is 4.42. The highest BCUT2D eigenvalue weighted by Gasteiger charge is 2.09. The molecule has 0 fully saturated rings. The highest BCUT2D eigenvalue weighted by molar-refractivity contribution is 5.64. The number of aromatic nitrogens is 2. The Kier molecular flexibility index (Phi) is 3.15. The maximum atomic E-state index is 5.71. The van der Waals surface area contributed by atoms with Crippen LogP contribution in [0.15, 0.2) is 18.2 Å². The van der Waals surface area contributed by atoms with E-state index >= 15 is 0 Å². The number of benzene rings is 1. The van der Waals surface area contributed by atoms with Crippen LogP contribution in [0.2, 0.25) is 0 Å². The fraction of sp³-hybridized carbons (Fsp3) is 0.308. The molecule has 0 aliphatic carbocycles. The second-order valence-electron chi connectivity index (χ2n) is 4.03. The summed E-state index contributed by atoms with van der Waals surface area (Å²) >= 11 is 0. The van der Waals surface area contributed by atoms with E-state index in [1.165, 1.54) is 0 Å². The van der Waals surface area contributed by atoms with Gasteiger partial charge in [-0.3, -0.25) is 0 Å². The van der Waals surface area contributed by atoms with Crippen molar-refractivity contribution >= 4 is 0 Å². The van der Waals surface area contributed by atoms with Crippen LogP contribution in [-0.2, 0) is 6.54 Å². The Morgan fingerprint density at radius 1 is 1.35 bits per heavy atom. The molecule has 0 spiro atoms. The molecule has 0 unspecified atom stereocenters. The predicted octanol–water partition coefficient (Wildman–Crippen LogP) is 2.16. The molecule has 2 rings (SSSR count). The van der Waals surface area contributed by atoms with E-state index in [1.54, 1.807) is 7.11 Å². The van der Waals surface area contributed by atoms with Crippen LogP contribution in [0.1, 0.15) is 17.1 Å². The van der Waals surface area contributed by atoms with E-state index in [1.807, 2.05) is 32.0 Å². The minimum atomic E-state index is 0.458. The molecule has 1 aromatic carbocycles. The first kappa shape index (κ1) is 11.7. The minimum absolute atomic E-state index is 0.458. The summed E-state index contributed by atoms with van der Waals surface area (Å²) in [5.74, 6) is 1.74. The highest BCUT2D eigenvalue weighted by atomic mass is 16.5. The summed E-state index contributed by atoms with van der Waals surface area (Å²) in [5, 5.41) is 0. The van der Waals surface area contributed by atoms with Gasteiger partial charge in [-0.1, -0.05) is 0 Å². The van der Waals surface area contributed by atoms with Crippen molar-refractivity contribution in [2.75, 3.05) is 7.11 Å². The Morgan fingerprint density at radius 2 is 2.12 bits per heavy atom. The number of ether oxygens (including phenoxy) is 1. The Morgan fingerprint density at radius 3 is 2.65 bits per heavy atom. The number of hydrogen-bond donors (Lipinski definition) is 2. The SMILES string of the molecule is COc1ccc(-c2nc(C)[nH]c2C)cc1CN. The first-order valence-corrected chi connectivity index (χ1v) is 5.56. The molecule has 4 nitrogen and oxygen atoms in total. The number of nitrogens with one attached hydrogen (secondary N) is 1. The average Bonchev–Trinajstić information content (AvgIpc) is 2.67. The molecule has 0 radical (unpaired) electrons. The van der Waals surface area contributed by atoms with Gasteiger partial charge in [0.15, 0.2) is 0 Å². The number of aromatic amines is 1. The van der Waals surface area contributed by atoms with Crippen molar-refractivity contribution in [1.29, 1.82) is 0 Å². The maximum Gasteiger partial charge on any atom is 0.123 e. The topological polar surface area (TPSA) is 63.9 Å². The summed E-state index contributed by atoms with van der Waals surface area (Å²) < 4.78 is 5.25. The van der Waals surface area contributed by atoms with Crippen LogP contribution in [0.3, 0.4) is 0 Å². The summed E-state index contributed by atoms with van der Waals surface area (Å²) in [4.78, 5) is 7.67.